The number of hydrogen-bond acceptors (Lipinski definition) is 5. The molecule has 1 heterocycles. The number of anilines is 1. The fraction of sp³-hybridized carbons (Fsp3) is 0.286. The maximum absolute atomic E-state index is 12.4. The molecule has 18 heavy (non-hydrogen) atoms. The molecule has 0 saturated carbocycles. The van der Waals surface area contributed by atoms with Gasteiger partial charge in [0, 0.05) is 6.07 Å². The number of nitrogens with two attached hydrogens (primary N) is 1. The summed E-state index contributed by atoms with van der Waals surface area (Å²) >= 11 is 0. The quantitative estimate of drug-likeness (QED) is 0.518. The van der Waals surface area contributed by atoms with Crippen LogP contribution in [0, 0.1) is 10.1 Å². The van der Waals surface area contributed by atoms with Crippen LogP contribution in [-0.4, -0.2) is 16.3 Å². The van der Waals surface area contributed by atoms with Crippen LogP contribution >= 0.6 is 0 Å². The summed E-state index contributed by atoms with van der Waals surface area (Å²) in [5.41, 5.74) is 2.57. The minimum absolute atomic E-state index is 0.189. The van der Waals surface area contributed by atoms with Gasteiger partial charge in [0.1, 0.15) is 0 Å². The van der Waals surface area contributed by atoms with E-state index in [0.29, 0.717) is 0 Å². The summed E-state index contributed by atoms with van der Waals surface area (Å²) in [7, 11) is 0. The summed E-state index contributed by atoms with van der Waals surface area (Å²) < 4.78 is 63.8. The normalized spacial score (nSPS) is 11.7. The molecular formula is C7H4F5N3O3. The molecule has 0 unspecified atom stereocenters. The molecule has 0 aromatic carbocycles. The summed E-state index contributed by atoms with van der Waals surface area (Å²) in [6, 6.07) is 0.189. The highest BCUT2D eigenvalue weighted by molar-refractivity contribution is 5.56. The van der Waals surface area contributed by atoms with Crippen LogP contribution in [0.4, 0.5) is 33.5 Å². The molecule has 0 aliphatic rings. The molecular weight excluding hydrogens is 269 g/mol. The highest BCUT2D eigenvalue weighted by Gasteiger charge is 2.35. The van der Waals surface area contributed by atoms with Crippen LogP contribution < -0.4 is 10.5 Å². The fourth-order valence-corrected chi connectivity index (χ4v) is 1.01. The summed E-state index contributed by atoms with van der Waals surface area (Å²) in [5, 5.41) is 10.4. The molecule has 1 aromatic rings. The molecule has 0 radical (unpaired) electrons. The van der Waals surface area contributed by atoms with Crippen LogP contribution in [-0.2, 0) is 0 Å². The molecule has 6 nitrogen and oxygen atoms in total. The van der Waals surface area contributed by atoms with Crippen molar-refractivity contribution in [3.8, 4) is 5.88 Å². The summed E-state index contributed by atoms with van der Waals surface area (Å²) in [6.45, 7) is 0. The van der Waals surface area contributed by atoms with E-state index in [1.54, 1.807) is 0 Å². The van der Waals surface area contributed by atoms with E-state index in [1.165, 1.54) is 0 Å². The smallest absolute Gasteiger partial charge is 0.387 e. The first-order chi connectivity index (χ1) is 8.11. The number of alkyl halides is 5. The van der Waals surface area contributed by atoms with Crippen LogP contribution in [0.5, 0.6) is 5.88 Å². The number of halogens is 5. The van der Waals surface area contributed by atoms with Gasteiger partial charge in [-0.1, -0.05) is 0 Å². The number of nitrogen functional groups attached to an aromatic ring is 1. The number of hydrogen-bond donors (Lipinski definition) is 1. The van der Waals surface area contributed by atoms with Gasteiger partial charge in [-0.2, -0.15) is 4.98 Å². The highest BCUT2D eigenvalue weighted by Crippen LogP contribution is 2.35. The standard InChI is InChI=1S/C7H4F5N3O3/c8-4(9)2-1-3(15(16)17)5(13)14-6(2)18-7(10,11)12/h1,4H,(H2,13,14). The van der Waals surface area contributed by atoms with E-state index < -0.39 is 40.7 Å². The van der Waals surface area contributed by atoms with Gasteiger partial charge in [-0.05, 0) is 0 Å². The molecule has 0 bridgehead atoms. The van der Waals surface area contributed by atoms with Crippen molar-refractivity contribution < 1.29 is 31.6 Å². The Morgan fingerprint density at radius 2 is 2.00 bits per heavy atom. The van der Waals surface area contributed by atoms with Gasteiger partial charge < -0.3 is 10.5 Å². The fourth-order valence-electron chi connectivity index (χ4n) is 1.01. The van der Waals surface area contributed by atoms with E-state index in [0.717, 1.165) is 0 Å². The van der Waals surface area contributed by atoms with Gasteiger partial charge in [-0.3, -0.25) is 10.1 Å². The van der Waals surface area contributed by atoms with Crippen molar-refractivity contribution in [2.75, 3.05) is 5.73 Å². The van der Waals surface area contributed by atoms with Crippen molar-refractivity contribution in [3.63, 3.8) is 0 Å². The van der Waals surface area contributed by atoms with E-state index in [1.807, 2.05) is 0 Å². The Hall–Kier alpha value is -2.20. The van der Waals surface area contributed by atoms with Crippen molar-refractivity contribution in [1.29, 1.82) is 0 Å². The molecule has 2 N–H and O–H groups in total. The third-order valence-electron chi connectivity index (χ3n) is 1.67. The Morgan fingerprint density at radius 1 is 1.44 bits per heavy atom. The molecule has 0 aliphatic heterocycles. The van der Waals surface area contributed by atoms with E-state index in [9.17, 15) is 32.1 Å². The molecule has 100 valence electrons. The topological polar surface area (TPSA) is 91.3 Å². The third kappa shape index (κ3) is 3.15. The highest BCUT2D eigenvalue weighted by atomic mass is 19.4. The van der Waals surface area contributed by atoms with Crippen molar-refractivity contribution in [2.24, 2.45) is 0 Å². The second kappa shape index (κ2) is 4.58. The predicted molar refractivity (Wildman–Crippen MR) is 46.9 cm³/mol. The average Bonchev–Trinajstić information content (AvgIpc) is 2.13. The van der Waals surface area contributed by atoms with Gasteiger partial charge in [-0.15, -0.1) is 13.2 Å². The number of ether oxygens (including phenoxy) is 1. The molecule has 0 atom stereocenters. The van der Waals surface area contributed by atoms with Crippen LogP contribution in [0.3, 0.4) is 0 Å². The minimum atomic E-state index is -5.26. The Balaban J connectivity index is 3.34. The van der Waals surface area contributed by atoms with Crippen LogP contribution in [0.15, 0.2) is 6.07 Å². The Morgan fingerprint density at radius 3 is 2.39 bits per heavy atom. The number of nitrogens with zero attached hydrogens (tertiary/aromatic N) is 2. The lowest BCUT2D eigenvalue weighted by molar-refractivity contribution is -0.384. The lowest BCUT2D eigenvalue weighted by Crippen LogP contribution is -2.19. The first-order valence-corrected chi connectivity index (χ1v) is 4.10. The van der Waals surface area contributed by atoms with Crippen LogP contribution in [0.25, 0.3) is 0 Å². The van der Waals surface area contributed by atoms with E-state index in [-0.39, 0.29) is 6.07 Å². The molecule has 11 heteroatoms. The maximum Gasteiger partial charge on any atom is 0.574 e. The first kappa shape index (κ1) is 13.9. The van der Waals surface area contributed by atoms with Crippen LogP contribution in [0.1, 0.15) is 12.0 Å². The second-order valence-corrected chi connectivity index (χ2v) is 2.89. The van der Waals surface area contributed by atoms with Gasteiger partial charge in [0.15, 0.2) is 0 Å². The lowest BCUT2D eigenvalue weighted by atomic mass is 10.2. The van der Waals surface area contributed by atoms with Crippen molar-refractivity contribution >= 4 is 11.5 Å². The molecule has 1 rings (SSSR count). The first-order valence-electron chi connectivity index (χ1n) is 4.10. The molecule has 0 aliphatic carbocycles. The zero-order valence-corrected chi connectivity index (χ0v) is 8.24. The van der Waals surface area contributed by atoms with E-state index in [4.69, 9.17) is 5.73 Å². The van der Waals surface area contributed by atoms with Crippen LogP contribution in [0.2, 0.25) is 0 Å². The van der Waals surface area contributed by atoms with Gasteiger partial charge >= 0.3 is 12.0 Å². The average molecular weight is 273 g/mol. The van der Waals surface area contributed by atoms with Gasteiger partial charge in [-0.25, -0.2) is 8.78 Å². The summed E-state index contributed by atoms with van der Waals surface area (Å²) in [6.07, 6.45) is -8.70. The SMILES string of the molecule is Nc1nc(OC(F)(F)F)c(C(F)F)cc1[N+](=O)[O-]. The molecule has 0 saturated heterocycles. The Kier molecular flexibility index (Phi) is 3.53. The molecule has 0 fully saturated rings. The Bertz CT molecular complexity index is 476. The molecule has 0 amide bonds. The Labute approximate surface area is 95.3 Å². The third-order valence-corrected chi connectivity index (χ3v) is 1.67. The molecule has 0 spiro atoms. The van der Waals surface area contributed by atoms with Crippen molar-refractivity contribution in [3.05, 3.63) is 21.7 Å². The van der Waals surface area contributed by atoms with E-state index in [2.05, 4.69) is 9.72 Å². The largest absolute Gasteiger partial charge is 0.574 e. The van der Waals surface area contributed by atoms with Gasteiger partial charge in [0.05, 0.1) is 10.5 Å². The predicted octanol–water partition coefficient (Wildman–Crippen LogP) is 2.41. The summed E-state index contributed by atoms with van der Waals surface area (Å²) in [5.74, 6) is -2.47. The van der Waals surface area contributed by atoms with E-state index >= 15 is 0 Å². The summed E-state index contributed by atoms with van der Waals surface area (Å²) in [4.78, 5) is 12.0. The number of nitro groups is 1. The minimum Gasteiger partial charge on any atom is -0.387 e. The van der Waals surface area contributed by atoms with Crippen molar-refractivity contribution in [1.82, 2.24) is 4.98 Å². The monoisotopic (exact) mass is 273 g/mol. The lowest BCUT2D eigenvalue weighted by Gasteiger charge is -2.12. The van der Waals surface area contributed by atoms with Crippen molar-refractivity contribution in [2.45, 2.75) is 12.8 Å². The maximum atomic E-state index is 12.4. The number of aromatic nitrogens is 1. The zero-order valence-electron chi connectivity index (χ0n) is 8.24. The number of rotatable bonds is 3. The zero-order chi connectivity index (χ0) is 14.1. The second-order valence-electron chi connectivity index (χ2n) is 2.89. The van der Waals surface area contributed by atoms with Gasteiger partial charge in [0.25, 0.3) is 6.43 Å². The van der Waals surface area contributed by atoms with Gasteiger partial charge in [0.2, 0.25) is 11.7 Å². The molecule has 1 aromatic heterocycles. The number of pyridine rings is 1.